The molecule has 1 atom stereocenters. The molecular formula is C14H22N2O3. The molecule has 0 aliphatic rings. The lowest BCUT2D eigenvalue weighted by Crippen LogP contribution is -2.32. The molecule has 1 aromatic carbocycles. The Labute approximate surface area is 114 Å². The van der Waals surface area contributed by atoms with Crippen LogP contribution in [0.1, 0.15) is 18.0 Å². The van der Waals surface area contributed by atoms with E-state index in [-0.39, 0.29) is 12.5 Å². The molecule has 0 saturated carbocycles. The van der Waals surface area contributed by atoms with Gasteiger partial charge < -0.3 is 20.1 Å². The molecule has 106 valence electrons. The number of carbonyl (C=O) groups is 1. The van der Waals surface area contributed by atoms with E-state index in [1.54, 1.807) is 7.11 Å². The molecule has 0 fully saturated rings. The SMILES string of the molecule is COc1ccc(C(CNCCC(=O)O)N(C)C)cc1. The highest BCUT2D eigenvalue weighted by Crippen LogP contribution is 2.20. The van der Waals surface area contributed by atoms with E-state index >= 15 is 0 Å². The number of rotatable bonds is 8. The summed E-state index contributed by atoms with van der Waals surface area (Å²) in [6, 6.07) is 8.14. The largest absolute Gasteiger partial charge is 0.497 e. The molecule has 0 radical (unpaired) electrons. The molecule has 0 bridgehead atoms. The zero-order valence-electron chi connectivity index (χ0n) is 11.7. The molecule has 0 aliphatic carbocycles. The second-order valence-electron chi connectivity index (χ2n) is 4.60. The lowest BCUT2D eigenvalue weighted by atomic mass is 10.1. The Morgan fingerprint density at radius 1 is 1.37 bits per heavy atom. The summed E-state index contributed by atoms with van der Waals surface area (Å²) < 4.78 is 5.14. The molecule has 1 unspecified atom stereocenters. The van der Waals surface area contributed by atoms with E-state index < -0.39 is 5.97 Å². The van der Waals surface area contributed by atoms with Crippen molar-refractivity contribution in [2.24, 2.45) is 0 Å². The second-order valence-corrected chi connectivity index (χ2v) is 4.60. The summed E-state index contributed by atoms with van der Waals surface area (Å²) in [5.41, 5.74) is 1.17. The van der Waals surface area contributed by atoms with E-state index in [2.05, 4.69) is 10.2 Å². The topological polar surface area (TPSA) is 61.8 Å². The van der Waals surface area contributed by atoms with Gasteiger partial charge in [-0.05, 0) is 31.8 Å². The first-order chi connectivity index (χ1) is 9.04. The van der Waals surface area contributed by atoms with Crippen LogP contribution in [0.25, 0.3) is 0 Å². The van der Waals surface area contributed by atoms with Gasteiger partial charge in [0.1, 0.15) is 5.75 Å². The Balaban J connectivity index is 2.58. The van der Waals surface area contributed by atoms with Crippen molar-refractivity contribution in [3.05, 3.63) is 29.8 Å². The van der Waals surface area contributed by atoms with Crippen molar-refractivity contribution in [2.75, 3.05) is 34.3 Å². The minimum Gasteiger partial charge on any atom is -0.497 e. The number of carboxylic acids is 1. The van der Waals surface area contributed by atoms with Gasteiger partial charge in [0.25, 0.3) is 0 Å². The Hall–Kier alpha value is -1.59. The average molecular weight is 266 g/mol. The van der Waals surface area contributed by atoms with E-state index in [1.165, 1.54) is 5.56 Å². The van der Waals surface area contributed by atoms with Gasteiger partial charge in [-0.1, -0.05) is 12.1 Å². The number of likely N-dealkylation sites (N-methyl/N-ethyl adjacent to an activating group) is 1. The summed E-state index contributed by atoms with van der Waals surface area (Å²) in [7, 11) is 5.66. The van der Waals surface area contributed by atoms with Crippen molar-refractivity contribution in [3.63, 3.8) is 0 Å². The maximum absolute atomic E-state index is 10.5. The van der Waals surface area contributed by atoms with Gasteiger partial charge in [0, 0.05) is 19.1 Å². The van der Waals surface area contributed by atoms with Crippen molar-refractivity contribution < 1.29 is 14.6 Å². The molecule has 0 spiro atoms. The summed E-state index contributed by atoms with van der Waals surface area (Å²) in [4.78, 5) is 12.6. The van der Waals surface area contributed by atoms with Crippen LogP contribution < -0.4 is 10.1 Å². The van der Waals surface area contributed by atoms with E-state index in [1.807, 2.05) is 38.4 Å². The molecule has 0 amide bonds. The van der Waals surface area contributed by atoms with Crippen LogP contribution in [-0.4, -0.2) is 50.3 Å². The number of hydrogen-bond donors (Lipinski definition) is 2. The van der Waals surface area contributed by atoms with Gasteiger partial charge in [-0.25, -0.2) is 0 Å². The maximum Gasteiger partial charge on any atom is 0.304 e. The van der Waals surface area contributed by atoms with Gasteiger partial charge in [0.15, 0.2) is 0 Å². The first-order valence-electron chi connectivity index (χ1n) is 6.27. The van der Waals surface area contributed by atoms with Crippen LogP contribution in [0.5, 0.6) is 5.75 Å². The number of ether oxygens (including phenoxy) is 1. The quantitative estimate of drug-likeness (QED) is 0.696. The normalized spacial score (nSPS) is 12.4. The van der Waals surface area contributed by atoms with Gasteiger partial charge in [-0.3, -0.25) is 4.79 Å². The third-order valence-corrected chi connectivity index (χ3v) is 2.98. The molecule has 0 aliphatic heterocycles. The highest BCUT2D eigenvalue weighted by atomic mass is 16.5. The maximum atomic E-state index is 10.5. The molecule has 0 heterocycles. The number of carboxylic acid groups (broad SMARTS) is 1. The van der Waals surface area contributed by atoms with Crippen LogP contribution in [0.4, 0.5) is 0 Å². The van der Waals surface area contributed by atoms with E-state index in [0.717, 1.165) is 5.75 Å². The predicted octanol–water partition coefficient (Wildman–Crippen LogP) is 1.36. The Bertz CT molecular complexity index is 390. The van der Waals surface area contributed by atoms with Gasteiger partial charge in [0.2, 0.25) is 0 Å². The number of benzene rings is 1. The van der Waals surface area contributed by atoms with Crippen LogP contribution in [0.2, 0.25) is 0 Å². The van der Waals surface area contributed by atoms with Crippen LogP contribution >= 0.6 is 0 Å². The standard InChI is InChI=1S/C14H22N2O3/c1-16(2)13(10-15-9-8-14(17)18)11-4-6-12(19-3)7-5-11/h4-7,13,15H,8-10H2,1-3H3,(H,17,18). The molecule has 0 saturated heterocycles. The van der Waals surface area contributed by atoms with E-state index in [9.17, 15) is 4.79 Å². The molecule has 2 N–H and O–H groups in total. The van der Waals surface area contributed by atoms with Gasteiger partial charge in [0.05, 0.1) is 13.5 Å². The fourth-order valence-corrected chi connectivity index (χ4v) is 1.86. The first kappa shape index (κ1) is 15.5. The van der Waals surface area contributed by atoms with E-state index in [4.69, 9.17) is 9.84 Å². The number of hydrogen-bond acceptors (Lipinski definition) is 4. The number of aliphatic carboxylic acids is 1. The molecule has 19 heavy (non-hydrogen) atoms. The minimum absolute atomic E-state index is 0.142. The van der Waals surface area contributed by atoms with Crippen LogP contribution in [0, 0.1) is 0 Å². The predicted molar refractivity (Wildman–Crippen MR) is 74.5 cm³/mol. The van der Waals surface area contributed by atoms with Crippen molar-refractivity contribution in [1.82, 2.24) is 10.2 Å². The average Bonchev–Trinajstić information content (AvgIpc) is 2.38. The molecular weight excluding hydrogens is 244 g/mol. The van der Waals surface area contributed by atoms with Crippen molar-refractivity contribution in [2.45, 2.75) is 12.5 Å². The summed E-state index contributed by atoms with van der Waals surface area (Å²) >= 11 is 0. The number of nitrogens with one attached hydrogen (secondary N) is 1. The van der Waals surface area contributed by atoms with Crippen molar-refractivity contribution in [3.8, 4) is 5.75 Å². The summed E-state index contributed by atoms with van der Waals surface area (Å²) in [5, 5.41) is 11.8. The van der Waals surface area contributed by atoms with Gasteiger partial charge in [-0.2, -0.15) is 0 Å². The van der Waals surface area contributed by atoms with E-state index in [0.29, 0.717) is 13.1 Å². The molecule has 1 rings (SSSR count). The van der Waals surface area contributed by atoms with Crippen molar-refractivity contribution >= 4 is 5.97 Å². The molecule has 5 nitrogen and oxygen atoms in total. The first-order valence-corrected chi connectivity index (χ1v) is 6.27. The zero-order chi connectivity index (χ0) is 14.3. The second kappa shape index (κ2) is 7.76. The number of methoxy groups -OCH3 is 1. The van der Waals surface area contributed by atoms with Crippen LogP contribution in [0.15, 0.2) is 24.3 Å². The Morgan fingerprint density at radius 3 is 2.47 bits per heavy atom. The van der Waals surface area contributed by atoms with Gasteiger partial charge >= 0.3 is 5.97 Å². The smallest absolute Gasteiger partial charge is 0.304 e. The Kier molecular flexibility index (Phi) is 6.32. The third kappa shape index (κ3) is 5.28. The monoisotopic (exact) mass is 266 g/mol. The highest BCUT2D eigenvalue weighted by molar-refractivity contribution is 5.66. The molecule has 1 aromatic rings. The fourth-order valence-electron chi connectivity index (χ4n) is 1.86. The molecule has 5 heteroatoms. The fraction of sp³-hybridized carbons (Fsp3) is 0.500. The summed E-state index contributed by atoms with van der Waals surface area (Å²) in [5.74, 6) is 0.0541. The lowest BCUT2D eigenvalue weighted by Gasteiger charge is -2.25. The van der Waals surface area contributed by atoms with Crippen LogP contribution in [0.3, 0.4) is 0 Å². The lowest BCUT2D eigenvalue weighted by molar-refractivity contribution is -0.136. The zero-order valence-corrected chi connectivity index (χ0v) is 11.7. The Morgan fingerprint density at radius 2 is 2.00 bits per heavy atom. The third-order valence-electron chi connectivity index (χ3n) is 2.98. The minimum atomic E-state index is -0.779. The van der Waals surface area contributed by atoms with Crippen LogP contribution in [-0.2, 0) is 4.79 Å². The van der Waals surface area contributed by atoms with Crippen molar-refractivity contribution in [1.29, 1.82) is 0 Å². The highest BCUT2D eigenvalue weighted by Gasteiger charge is 2.13. The number of nitrogens with zero attached hydrogens (tertiary/aromatic N) is 1. The molecule has 0 aromatic heterocycles. The summed E-state index contributed by atoms with van der Waals surface area (Å²) in [6.07, 6.45) is 0.142. The summed E-state index contributed by atoms with van der Waals surface area (Å²) in [6.45, 7) is 1.20. The van der Waals surface area contributed by atoms with Gasteiger partial charge in [-0.15, -0.1) is 0 Å².